The van der Waals surface area contributed by atoms with Gasteiger partial charge in [-0.2, -0.15) is 0 Å². The van der Waals surface area contributed by atoms with Gasteiger partial charge in [0.25, 0.3) is 5.91 Å². The summed E-state index contributed by atoms with van der Waals surface area (Å²) in [6, 6.07) is 2.96. The smallest absolute Gasteiger partial charge is 0.410 e. The van der Waals surface area contributed by atoms with Crippen LogP contribution in [0.5, 0.6) is 0 Å². The van der Waals surface area contributed by atoms with Crippen LogP contribution < -0.4 is 0 Å². The van der Waals surface area contributed by atoms with Gasteiger partial charge < -0.3 is 43.3 Å². The Morgan fingerprint density at radius 3 is 2.14 bits per heavy atom. The summed E-state index contributed by atoms with van der Waals surface area (Å²) < 4.78 is 51.5. The highest BCUT2D eigenvalue weighted by molar-refractivity contribution is 5.99. The van der Waals surface area contributed by atoms with Crippen molar-refractivity contribution in [2.24, 2.45) is 7.05 Å². The lowest BCUT2D eigenvalue weighted by Crippen LogP contribution is -2.63. The molecule has 0 unspecified atom stereocenters. The molecule has 1 aromatic carbocycles. The van der Waals surface area contributed by atoms with Gasteiger partial charge in [-0.25, -0.2) is 13.6 Å². The molecule has 0 aliphatic carbocycles. The van der Waals surface area contributed by atoms with Crippen molar-refractivity contribution in [1.29, 1.82) is 0 Å². The number of benzene rings is 1. The van der Waals surface area contributed by atoms with E-state index in [1.54, 1.807) is 32.4 Å². The van der Waals surface area contributed by atoms with Crippen LogP contribution in [0.3, 0.4) is 0 Å². The quantitative estimate of drug-likeness (QED) is 0.315. The third-order valence-electron chi connectivity index (χ3n) is 8.75. The van der Waals surface area contributed by atoms with E-state index in [2.05, 4.69) is 0 Å². The number of nitrogens with zero attached hydrogens (tertiary/aromatic N) is 5. The average molecular weight is 696 g/mol. The molecular formula is C34H51F2N5O8. The molecule has 49 heavy (non-hydrogen) atoms. The Kier molecular flexibility index (Phi) is 13.4. The largest absolute Gasteiger partial charge is 0.444 e. The first-order chi connectivity index (χ1) is 23.2. The number of aliphatic hydroxyl groups is 1. The van der Waals surface area contributed by atoms with Crippen molar-refractivity contribution < 1.29 is 47.2 Å². The standard InChI is InChI=1S/C34H51F2N5O8/c1-23-18-38(32(44)30-16-25-15-27(35)28(36)17-29(25)37(30)6)7-8-40(23)31(43)21-39-19-24(2)41(33(45)49-34(3,4)5)20-26(39)22-48-14-13-47-12-11-46-10-9-42/h15-17,23-24,26,42H,7-14,18-22H2,1-6H3/t23-,24-,26-/m1/s1. The number of aliphatic hydroxyl groups excluding tert-OH is 1. The van der Waals surface area contributed by atoms with Gasteiger partial charge in [-0.3, -0.25) is 14.5 Å². The Labute approximate surface area is 286 Å². The summed E-state index contributed by atoms with van der Waals surface area (Å²) in [4.78, 5) is 47.5. The highest BCUT2D eigenvalue weighted by Gasteiger charge is 2.39. The van der Waals surface area contributed by atoms with Crippen LogP contribution in [0.2, 0.25) is 0 Å². The Morgan fingerprint density at radius 2 is 1.49 bits per heavy atom. The molecule has 0 bridgehead atoms. The Bertz CT molecular complexity index is 1450. The van der Waals surface area contributed by atoms with Crippen molar-refractivity contribution in [3.63, 3.8) is 0 Å². The van der Waals surface area contributed by atoms with Crippen LogP contribution in [0.15, 0.2) is 18.2 Å². The number of rotatable bonds is 13. The molecule has 2 fully saturated rings. The van der Waals surface area contributed by atoms with Crippen LogP contribution in [-0.4, -0.2) is 156 Å². The molecule has 15 heteroatoms. The van der Waals surface area contributed by atoms with Gasteiger partial charge in [0.2, 0.25) is 5.91 Å². The predicted molar refractivity (Wildman–Crippen MR) is 177 cm³/mol. The molecule has 2 aromatic rings. The monoisotopic (exact) mass is 695 g/mol. The zero-order valence-corrected chi connectivity index (χ0v) is 29.5. The number of aromatic nitrogens is 1. The number of fused-ring (bicyclic) bond motifs is 1. The Hall–Kier alpha value is -3.37. The van der Waals surface area contributed by atoms with Gasteiger partial charge in [-0.05, 0) is 46.8 Å². The molecule has 4 rings (SSSR count). The number of piperazine rings is 2. The lowest BCUT2D eigenvalue weighted by molar-refractivity contribution is -0.138. The summed E-state index contributed by atoms with van der Waals surface area (Å²) >= 11 is 0. The minimum absolute atomic E-state index is 0.0443. The Morgan fingerprint density at radius 1 is 0.857 bits per heavy atom. The molecule has 3 atom stereocenters. The van der Waals surface area contributed by atoms with Crippen LogP contribution in [0.1, 0.15) is 45.1 Å². The van der Waals surface area contributed by atoms with E-state index in [0.29, 0.717) is 75.7 Å². The topological polar surface area (TPSA) is 126 Å². The maximum Gasteiger partial charge on any atom is 0.410 e. The maximum atomic E-state index is 13.9. The van der Waals surface area contributed by atoms with Crippen molar-refractivity contribution in [2.45, 2.75) is 58.3 Å². The van der Waals surface area contributed by atoms with Crippen LogP contribution in [0.25, 0.3) is 10.9 Å². The molecule has 0 radical (unpaired) electrons. The maximum absolute atomic E-state index is 13.9. The number of hydrogen-bond acceptors (Lipinski definition) is 9. The molecule has 2 aliphatic rings. The summed E-state index contributed by atoms with van der Waals surface area (Å²) in [5.74, 6) is -2.32. The van der Waals surface area contributed by atoms with Crippen molar-refractivity contribution in [3.05, 3.63) is 35.5 Å². The predicted octanol–water partition coefficient (Wildman–Crippen LogP) is 2.48. The molecule has 2 aliphatic heterocycles. The van der Waals surface area contributed by atoms with Crippen molar-refractivity contribution in [2.75, 3.05) is 85.5 Å². The van der Waals surface area contributed by atoms with E-state index in [1.165, 1.54) is 0 Å². The summed E-state index contributed by atoms with van der Waals surface area (Å²) in [7, 11) is 1.64. The van der Waals surface area contributed by atoms with Crippen molar-refractivity contribution >= 4 is 28.8 Å². The summed E-state index contributed by atoms with van der Waals surface area (Å²) in [6.45, 7) is 12.9. The molecule has 1 N–H and O–H groups in total. The Balaban J connectivity index is 1.36. The van der Waals surface area contributed by atoms with Gasteiger partial charge in [-0.15, -0.1) is 0 Å². The fraction of sp³-hybridized carbons (Fsp3) is 0.676. The minimum Gasteiger partial charge on any atom is -0.444 e. The van der Waals surface area contributed by atoms with Crippen molar-refractivity contribution in [1.82, 2.24) is 24.2 Å². The van der Waals surface area contributed by atoms with Gasteiger partial charge in [0.1, 0.15) is 11.3 Å². The molecule has 2 saturated heterocycles. The van der Waals surface area contributed by atoms with Gasteiger partial charge in [0.05, 0.1) is 64.4 Å². The molecular weight excluding hydrogens is 644 g/mol. The first kappa shape index (κ1) is 38.4. The molecule has 3 heterocycles. The number of amides is 3. The summed E-state index contributed by atoms with van der Waals surface area (Å²) in [5, 5.41) is 9.22. The molecule has 0 saturated carbocycles. The first-order valence-electron chi connectivity index (χ1n) is 16.8. The summed E-state index contributed by atoms with van der Waals surface area (Å²) in [6.07, 6.45) is -0.419. The van der Waals surface area contributed by atoms with E-state index in [0.717, 1.165) is 12.1 Å². The minimum atomic E-state index is -0.978. The van der Waals surface area contributed by atoms with E-state index in [-0.39, 0.29) is 56.3 Å². The van der Waals surface area contributed by atoms with Gasteiger partial charge in [0.15, 0.2) is 11.6 Å². The van der Waals surface area contributed by atoms with Crippen LogP contribution >= 0.6 is 0 Å². The van der Waals surface area contributed by atoms with E-state index in [1.807, 2.05) is 39.5 Å². The van der Waals surface area contributed by atoms with Crippen molar-refractivity contribution in [3.8, 4) is 0 Å². The number of halogens is 2. The molecule has 1 aromatic heterocycles. The van der Waals surface area contributed by atoms with E-state index >= 15 is 0 Å². The molecule has 274 valence electrons. The van der Waals surface area contributed by atoms with Crippen LogP contribution in [-0.2, 0) is 30.8 Å². The lowest BCUT2D eigenvalue weighted by atomic mass is 10.1. The second-order valence-corrected chi connectivity index (χ2v) is 13.7. The lowest BCUT2D eigenvalue weighted by Gasteiger charge is -2.46. The average Bonchev–Trinajstić information content (AvgIpc) is 3.34. The number of aryl methyl sites for hydroxylation is 1. The number of carbonyl (C=O) groups excluding carboxylic acids is 3. The number of hydrogen-bond donors (Lipinski definition) is 1. The molecule has 0 spiro atoms. The second-order valence-electron chi connectivity index (χ2n) is 13.7. The van der Waals surface area contributed by atoms with E-state index in [9.17, 15) is 23.2 Å². The highest BCUT2D eigenvalue weighted by atomic mass is 19.2. The fourth-order valence-corrected chi connectivity index (χ4v) is 6.24. The molecule has 3 amide bonds. The fourth-order valence-electron chi connectivity index (χ4n) is 6.24. The van der Waals surface area contributed by atoms with Gasteiger partial charge in [-0.1, -0.05) is 0 Å². The number of carbonyl (C=O) groups is 3. The van der Waals surface area contributed by atoms with E-state index < -0.39 is 23.3 Å². The SMILES string of the molecule is C[C@@H]1CN(C(=O)c2cc3cc(F)c(F)cc3n2C)CCN1C(=O)CN1C[C@@H](C)N(C(=O)OC(C)(C)C)C[C@@H]1COCCOCCOCCO. The third kappa shape index (κ3) is 10.1. The second kappa shape index (κ2) is 17.0. The summed E-state index contributed by atoms with van der Waals surface area (Å²) in [5.41, 5.74) is 0.0734. The normalized spacial score (nSPS) is 20.7. The third-order valence-corrected chi connectivity index (χ3v) is 8.75. The first-order valence-corrected chi connectivity index (χ1v) is 16.8. The van der Waals surface area contributed by atoms with Crippen LogP contribution in [0.4, 0.5) is 13.6 Å². The van der Waals surface area contributed by atoms with Gasteiger partial charge in [0, 0.05) is 63.3 Å². The van der Waals surface area contributed by atoms with E-state index in [4.69, 9.17) is 24.1 Å². The zero-order chi connectivity index (χ0) is 35.9. The van der Waals surface area contributed by atoms with Gasteiger partial charge >= 0.3 is 6.09 Å². The molecule has 13 nitrogen and oxygen atoms in total. The van der Waals surface area contributed by atoms with Crippen LogP contribution in [0, 0.1) is 11.6 Å². The highest BCUT2D eigenvalue weighted by Crippen LogP contribution is 2.25. The number of ether oxygens (including phenoxy) is 4. The zero-order valence-electron chi connectivity index (χ0n) is 29.5.